The first kappa shape index (κ1) is 26.7. The van der Waals surface area contributed by atoms with Crippen molar-refractivity contribution in [1.82, 2.24) is 9.66 Å². The molecule has 7 heteroatoms. The Morgan fingerprint density at radius 2 is 1.94 bits per heavy atom. The molecule has 0 unspecified atom stereocenters. The summed E-state index contributed by atoms with van der Waals surface area (Å²) in [6.45, 7) is 14.6. The number of ether oxygens (including phenoxy) is 2. The second kappa shape index (κ2) is 12.2. The zero-order chi connectivity index (χ0) is 25.5. The fraction of sp³-hybridized carbons (Fsp3) is 0.393. The number of benzene rings is 2. The first-order valence-corrected chi connectivity index (χ1v) is 13.0. The van der Waals surface area contributed by atoms with Crippen LogP contribution in [0.3, 0.4) is 0 Å². The normalized spacial score (nSPS) is 13.2. The lowest BCUT2D eigenvalue weighted by Gasteiger charge is -2.20. The van der Waals surface area contributed by atoms with Crippen LogP contribution in [0.15, 0.2) is 57.4 Å². The second-order valence-electron chi connectivity index (χ2n) is 8.57. The van der Waals surface area contributed by atoms with Gasteiger partial charge in [-0.1, -0.05) is 42.8 Å². The number of allylic oxidation sites excluding steroid dienone is 1. The Labute approximate surface area is 215 Å². The van der Waals surface area contributed by atoms with Gasteiger partial charge in [0.2, 0.25) is 0 Å². The van der Waals surface area contributed by atoms with E-state index in [0.717, 1.165) is 34.2 Å². The summed E-state index contributed by atoms with van der Waals surface area (Å²) in [7, 11) is 0. The zero-order valence-corrected chi connectivity index (χ0v) is 22.8. The van der Waals surface area contributed by atoms with Crippen LogP contribution in [0.5, 0.6) is 11.5 Å². The third-order valence-electron chi connectivity index (χ3n) is 5.92. The number of nitrogens with zero attached hydrogens (tertiary/aromatic N) is 3. The molecule has 0 N–H and O–H groups in total. The van der Waals surface area contributed by atoms with E-state index in [1.54, 1.807) is 12.3 Å². The van der Waals surface area contributed by atoms with Gasteiger partial charge < -0.3 is 9.47 Å². The molecular weight excluding hydrogens is 506 g/mol. The summed E-state index contributed by atoms with van der Waals surface area (Å²) in [6, 6.07) is 9.43. The van der Waals surface area contributed by atoms with Crippen LogP contribution in [0.2, 0.25) is 0 Å². The summed E-state index contributed by atoms with van der Waals surface area (Å²) in [5, 5.41) is 5.13. The third-order valence-corrected chi connectivity index (χ3v) is 6.41. The summed E-state index contributed by atoms with van der Waals surface area (Å²) in [5.41, 5.74) is 2.23. The number of hydrogen-bond donors (Lipinski definition) is 0. The maximum atomic E-state index is 13.4. The van der Waals surface area contributed by atoms with Crippen molar-refractivity contribution >= 4 is 33.0 Å². The van der Waals surface area contributed by atoms with Crippen LogP contribution in [0.1, 0.15) is 70.3 Å². The molecule has 0 aliphatic rings. The summed E-state index contributed by atoms with van der Waals surface area (Å²) >= 11 is 3.45. The van der Waals surface area contributed by atoms with E-state index < -0.39 is 0 Å². The molecule has 0 amide bonds. The molecule has 0 fully saturated rings. The smallest absolute Gasteiger partial charge is 0.282 e. The van der Waals surface area contributed by atoms with Crippen molar-refractivity contribution in [1.29, 1.82) is 0 Å². The minimum atomic E-state index is -0.198. The third kappa shape index (κ3) is 6.20. The zero-order valence-electron chi connectivity index (χ0n) is 21.2. The lowest BCUT2D eigenvalue weighted by molar-refractivity contribution is 0.201. The second-order valence-corrected chi connectivity index (χ2v) is 9.49. The van der Waals surface area contributed by atoms with Gasteiger partial charge in [0.25, 0.3) is 5.56 Å². The van der Waals surface area contributed by atoms with E-state index in [1.807, 2.05) is 44.2 Å². The number of fused-ring (bicyclic) bond motifs is 1. The quantitative estimate of drug-likeness (QED) is 0.197. The van der Waals surface area contributed by atoms with E-state index in [-0.39, 0.29) is 17.6 Å². The van der Waals surface area contributed by atoms with Gasteiger partial charge in [-0.3, -0.25) is 4.79 Å². The average molecular weight is 541 g/mol. The molecule has 0 spiro atoms. The Morgan fingerprint density at radius 1 is 1.17 bits per heavy atom. The number of hydrogen-bond acceptors (Lipinski definition) is 5. The molecule has 0 saturated carbocycles. The highest BCUT2D eigenvalue weighted by atomic mass is 79.9. The Hall–Kier alpha value is -2.93. The summed E-state index contributed by atoms with van der Waals surface area (Å²) in [6.07, 6.45) is 5.92. The molecule has 1 heterocycles. The maximum absolute atomic E-state index is 13.4. The maximum Gasteiger partial charge on any atom is 0.282 e. The highest BCUT2D eigenvalue weighted by Gasteiger charge is 2.17. The Balaban J connectivity index is 2.16. The van der Waals surface area contributed by atoms with Crippen molar-refractivity contribution in [2.24, 2.45) is 5.10 Å². The summed E-state index contributed by atoms with van der Waals surface area (Å²) < 4.78 is 14.4. The first-order valence-electron chi connectivity index (χ1n) is 12.2. The van der Waals surface area contributed by atoms with Crippen molar-refractivity contribution in [2.75, 3.05) is 6.61 Å². The average Bonchev–Trinajstić information content (AvgIpc) is 2.85. The monoisotopic (exact) mass is 539 g/mol. The minimum Gasteiger partial charge on any atom is -0.490 e. The molecule has 2 aromatic carbocycles. The van der Waals surface area contributed by atoms with Gasteiger partial charge in [0.1, 0.15) is 5.82 Å². The minimum absolute atomic E-state index is 0.0527. The van der Waals surface area contributed by atoms with Gasteiger partial charge in [0.15, 0.2) is 11.5 Å². The van der Waals surface area contributed by atoms with E-state index in [2.05, 4.69) is 48.4 Å². The highest BCUT2D eigenvalue weighted by Crippen LogP contribution is 2.35. The SMILES string of the molecule is C=CCc1cc(C=Nn2c([C@H](C)CC)nc3ccc(Br)cc3c2=O)cc(OCC)c1O[C@H](C)CC. The predicted molar refractivity (Wildman–Crippen MR) is 147 cm³/mol. The Kier molecular flexibility index (Phi) is 9.26. The van der Waals surface area contributed by atoms with Gasteiger partial charge in [-0.25, -0.2) is 4.98 Å². The molecule has 0 saturated heterocycles. The van der Waals surface area contributed by atoms with Crippen molar-refractivity contribution in [3.05, 3.63) is 74.8 Å². The standard InChI is InChI=1S/C28H34BrN3O3/c1-7-11-21-14-20(15-25(34-10-4)26(21)35-19(6)9-3)17-30-32-27(18(5)8-2)31-24-13-12-22(29)16-23(24)28(32)33/h7,12-19H,1,8-11H2,2-6H3/t18-,19-/m1/s1. The van der Waals surface area contributed by atoms with Crippen LogP contribution >= 0.6 is 15.9 Å². The van der Waals surface area contributed by atoms with Crippen molar-refractivity contribution in [2.45, 2.75) is 65.9 Å². The molecule has 0 aliphatic heterocycles. The summed E-state index contributed by atoms with van der Waals surface area (Å²) in [4.78, 5) is 18.2. The van der Waals surface area contributed by atoms with E-state index in [0.29, 0.717) is 35.5 Å². The predicted octanol–water partition coefficient (Wildman–Crippen LogP) is 6.86. The molecule has 0 bridgehead atoms. The fourth-order valence-electron chi connectivity index (χ4n) is 3.65. The van der Waals surface area contributed by atoms with Crippen LogP contribution in [-0.2, 0) is 6.42 Å². The number of rotatable bonds is 11. The van der Waals surface area contributed by atoms with Gasteiger partial charge in [0, 0.05) is 16.0 Å². The number of aromatic nitrogens is 2. The lowest BCUT2D eigenvalue weighted by atomic mass is 10.1. The van der Waals surface area contributed by atoms with Gasteiger partial charge in [0.05, 0.1) is 29.8 Å². The molecular formula is C28H34BrN3O3. The largest absolute Gasteiger partial charge is 0.490 e. The van der Waals surface area contributed by atoms with Crippen LogP contribution in [0.25, 0.3) is 10.9 Å². The highest BCUT2D eigenvalue weighted by molar-refractivity contribution is 9.10. The Morgan fingerprint density at radius 3 is 2.60 bits per heavy atom. The van der Waals surface area contributed by atoms with Crippen LogP contribution in [0, 0.1) is 0 Å². The van der Waals surface area contributed by atoms with Crippen LogP contribution in [-0.4, -0.2) is 28.6 Å². The van der Waals surface area contributed by atoms with E-state index >= 15 is 0 Å². The van der Waals surface area contributed by atoms with Gasteiger partial charge in [-0.05, 0) is 69.0 Å². The Bertz CT molecular complexity index is 1280. The van der Waals surface area contributed by atoms with Gasteiger partial charge >= 0.3 is 0 Å². The molecule has 35 heavy (non-hydrogen) atoms. The van der Waals surface area contributed by atoms with Crippen molar-refractivity contribution in [3.8, 4) is 11.5 Å². The molecule has 0 aliphatic carbocycles. The lowest BCUT2D eigenvalue weighted by Crippen LogP contribution is -2.23. The topological polar surface area (TPSA) is 65.7 Å². The number of halogens is 1. The van der Waals surface area contributed by atoms with E-state index in [1.165, 1.54) is 4.68 Å². The fourth-order valence-corrected chi connectivity index (χ4v) is 4.01. The molecule has 0 radical (unpaired) electrons. The van der Waals surface area contributed by atoms with Crippen molar-refractivity contribution in [3.63, 3.8) is 0 Å². The first-order chi connectivity index (χ1) is 16.8. The van der Waals surface area contributed by atoms with E-state index in [4.69, 9.17) is 14.5 Å². The molecule has 3 aromatic rings. The van der Waals surface area contributed by atoms with Crippen LogP contribution < -0.4 is 15.0 Å². The molecule has 2 atom stereocenters. The van der Waals surface area contributed by atoms with Gasteiger partial charge in [-0.15, -0.1) is 6.58 Å². The molecule has 1 aromatic heterocycles. The summed E-state index contributed by atoms with van der Waals surface area (Å²) in [5.74, 6) is 2.09. The molecule has 186 valence electrons. The molecule has 6 nitrogen and oxygen atoms in total. The molecule has 3 rings (SSSR count). The van der Waals surface area contributed by atoms with Crippen LogP contribution in [0.4, 0.5) is 0 Å². The van der Waals surface area contributed by atoms with Gasteiger partial charge in [-0.2, -0.15) is 9.78 Å². The van der Waals surface area contributed by atoms with E-state index in [9.17, 15) is 4.79 Å². The van der Waals surface area contributed by atoms with Crippen molar-refractivity contribution < 1.29 is 9.47 Å².